The van der Waals surface area contributed by atoms with E-state index in [1.54, 1.807) is 12.1 Å². The molecule has 3 heterocycles. The van der Waals surface area contributed by atoms with E-state index in [0.29, 0.717) is 34.6 Å². The van der Waals surface area contributed by atoms with Crippen LogP contribution in [0.1, 0.15) is 29.0 Å². The van der Waals surface area contributed by atoms with Crippen molar-refractivity contribution < 1.29 is 31.8 Å². The summed E-state index contributed by atoms with van der Waals surface area (Å²) < 4.78 is 64.2. The van der Waals surface area contributed by atoms with Crippen molar-refractivity contribution in [1.82, 2.24) is 19.9 Å². The third-order valence-electron chi connectivity index (χ3n) is 6.30. The van der Waals surface area contributed by atoms with Crippen LogP contribution in [0.25, 0.3) is 11.2 Å². The van der Waals surface area contributed by atoms with E-state index in [1.807, 2.05) is 6.07 Å². The first-order valence-corrected chi connectivity index (χ1v) is 10.8. The van der Waals surface area contributed by atoms with Gasteiger partial charge in [-0.2, -0.15) is 18.2 Å². The largest absolute Gasteiger partial charge is 0.489 e. The number of aromatic nitrogens is 4. The lowest BCUT2D eigenvalue weighted by atomic mass is 10.00. The van der Waals surface area contributed by atoms with Crippen molar-refractivity contribution in [2.24, 2.45) is 5.92 Å². The van der Waals surface area contributed by atoms with Gasteiger partial charge in [-0.15, -0.1) is 0 Å². The van der Waals surface area contributed by atoms with Gasteiger partial charge in [0.2, 0.25) is 5.88 Å². The fourth-order valence-corrected chi connectivity index (χ4v) is 4.65. The number of rotatable bonds is 6. The molecule has 35 heavy (non-hydrogen) atoms. The Balaban J connectivity index is 1.14. The average molecular weight is 484 g/mol. The second kappa shape index (κ2) is 7.76. The van der Waals surface area contributed by atoms with Crippen LogP contribution in [-0.2, 0) is 17.4 Å². The molecule has 7 nitrogen and oxygen atoms in total. The number of hydrogen-bond acceptors (Lipinski definition) is 6. The SMILES string of the molecule is O=C(Cc1ccc(F)c(C(F)(F)F)c1)C[C@@H]1[C@H]2Oc3ccc(Oc4ncnc5nc[nH]c45)cc3[C@@H]12. The Labute approximate surface area is 195 Å². The normalized spacial score (nSPS) is 20.3. The Morgan fingerprint density at radius 2 is 1.97 bits per heavy atom. The molecular weight excluding hydrogens is 468 g/mol. The fraction of sp³-hybridized carbons (Fsp3) is 0.250. The Hall–Kier alpha value is -4.02. The number of hydrogen-bond donors (Lipinski definition) is 1. The van der Waals surface area contributed by atoms with Crippen LogP contribution < -0.4 is 9.47 Å². The summed E-state index contributed by atoms with van der Waals surface area (Å²) in [6.45, 7) is 0. The number of aromatic amines is 1. The van der Waals surface area contributed by atoms with Crippen molar-refractivity contribution in [2.75, 3.05) is 0 Å². The van der Waals surface area contributed by atoms with Crippen molar-refractivity contribution in [3.05, 3.63) is 71.6 Å². The highest BCUT2D eigenvalue weighted by Crippen LogP contribution is 2.60. The molecule has 2 aliphatic rings. The number of carbonyl (C=O) groups is 1. The summed E-state index contributed by atoms with van der Waals surface area (Å²) in [4.78, 5) is 27.8. The van der Waals surface area contributed by atoms with Gasteiger partial charge in [-0.05, 0) is 35.9 Å². The van der Waals surface area contributed by atoms with Gasteiger partial charge in [0.1, 0.15) is 41.0 Å². The van der Waals surface area contributed by atoms with Gasteiger partial charge in [0.25, 0.3) is 0 Å². The Morgan fingerprint density at radius 3 is 2.80 bits per heavy atom. The van der Waals surface area contributed by atoms with E-state index in [1.165, 1.54) is 18.7 Å². The maximum Gasteiger partial charge on any atom is 0.419 e. The van der Waals surface area contributed by atoms with Crippen molar-refractivity contribution in [3.63, 3.8) is 0 Å². The lowest BCUT2D eigenvalue weighted by molar-refractivity contribution is -0.140. The number of ketones is 1. The van der Waals surface area contributed by atoms with Gasteiger partial charge in [-0.25, -0.2) is 14.4 Å². The monoisotopic (exact) mass is 484 g/mol. The predicted molar refractivity (Wildman–Crippen MR) is 114 cm³/mol. The fourth-order valence-electron chi connectivity index (χ4n) is 4.65. The summed E-state index contributed by atoms with van der Waals surface area (Å²) in [6.07, 6.45) is -2.19. The second-order valence-corrected chi connectivity index (χ2v) is 8.59. The molecule has 1 fully saturated rings. The van der Waals surface area contributed by atoms with Crippen molar-refractivity contribution in [1.29, 1.82) is 0 Å². The zero-order valence-electron chi connectivity index (χ0n) is 17.8. The number of benzene rings is 2. The van der Waals surface area contributed by atoms with Crippen LogP contribution in [0.5, 0.6) is 17.4 Å². The average Bonchev–Trinajstić information content (AvgIpc) is 3.14. The van der Waals surface area contributed by atoms with E-state index in [2.05, 4.69) is 19.9 Å². The summed E-state index contributed by atoms with van der Waals surface area (Å²) in [5.74, 6) is -0.111. The molecule has 178 valence electrons. The molecular formula is C24H16F4N4O3. The molecule has 0 bridgehead atoms. The number of carbonyl (C=O) groups excluding carboxylic acids is 1. The molecule has 1 saturated carbocycles. The molecule has 2 aromatic carbocycles. The van der Waals surface area contributed by atoms with Gasteiger partial charge in [-0.1, -0.05) is 6.07 Å². The third kappa shape index (κ3) is 3.86. The van der Waals surface area contributed by atoms with E-state index in [4.69, 9.17) is 9.47 Å². The lowest BCUT2D eigenvalue weighted by Gasteiger charge is -2.11. The number of halogens is 4. The number of ether oxygens (including phenoxy) is 2. The first-order valence-electron chi connectivity index (χ1n) is 10.8. The van der Waals surface area contributed by atoms with E-state index in [-0.39, 0.29) is 42.1 Å². The standard InChI is InChI=1S/C24H16F4N4O3/c25-17-3-1-11(6-16(17)24(26,27)28)5-12(33)7-15-19-14-8-13(2-4-18(14)35-21(15)19)34-23-20-22(30-9-29-20)31-10-32-23/h1-4,6,8-10,15,19,21H,5,7H2,(H,29,30,31,32)/t15-,19-,21+/m0/s1. The molecule has 1 aliphatic carbocycles. The minimum atomic E-state index is -4.82. The van der Waals surface area contributed by atoms with Crippen LogP contribution in [0.4, 0.5) is 17.6 Å². The molecule has 2 aromatic heterocycles. The molecule has 0 spiro atoms. The zero-order valence-corrected chi connectivity index (χ0v) is 17.8. The van der Waals surface area contributed by atoms with Crippen LogP contribution in [0.15, 0.2) is 49.1 Å². The second-order valence-electron chi connectivity index (χ2n) is 8.59. The van der Waals surface area contributed by atoms with E-state index >= 15 is 0 Å². The van der Waals surface area contributed by atoms with Crippen LogP contribution in [0, 0.1) is 11.7 Å². The minimum absolute atomic E-state index is 0.00553. The van der Waals surface area contributed by atoms with Crippen LogP contribution >= 0.6 is 0 Å². The molecule has 11 heteroatoms. The molecule has 3 atom stereocenters. The predicted octanol–water partition coefficient (Wildman–Crippen LogP) is 4.98. The number of alkyl halides is 3. The van der Waals surface area contributed by atoms with E-state index in [0.717, 1.165) is 11.6 Å². The van der Waals surface area contributed by atoms with Crippen LogP contribution in [0.3, 0.4) is 0 Å². The number of nitrogens with one attached hydrogen (secondary N) is 1. The Bertz CT molecular complexity index is 1470. The molecule has 0 unspecified atom stereocenters. The molecule has 0 amide bonds. The summed E-state index contributed by atoms with van der Waals surface area (Å²) >= 11 is 0. The summed E-state index contributed by atoms with van der Waals surface area (Å²) in [6, 6.07) is 8.02. The minimum Gasteiger partial charge on any atom is -0.489 e. The highest BCUT2D eigenvalue weighted by Gasteiger charge is 2.59. The summed E-state index contributed by atoms with van der Waals surface area (Å²) in [5, 5.41) is 0. The Morgan fingerprint density at radius 1 is 1.11 bits per heavy atom. The van der Waals surface area contributed by atoms with Gasteiger partial charge in [0.05, 0.1) is 11.9 Å². The lowest BCUT2D eigenvalue weighted by Crippen LogP contribution is -2.11. The number of imidazole rings is 1. The number of H-pyrrole nitrogens is 1. The first kappa shape index (κ1) is 21.5. The maximum absolute atomic E-state index is 13.5. The van der Waals surface area contributed by atoms with E-state index in [9.17, 15) is 22.4 Å². The molecule has 6 rings (SSSR count). The number of fused-ring (bicyclic) bond motifs is 4. The molecule has 0 saturated heterocycles. The number of nitrogens with zero attached hydrogens (tertiary/aromatic N) is 3. The van der Waals surface area contributed by atoms with Gasteiger partial charge in [0.15, 0.2) is 5.65 Å². The van der Waals surface area contributed by atoms with Crippen LogP contribution in [0.2, 0.25) is 0 Å². The topological polar surface area (TPSA) is 90.0 Å². The highest BCUT2D eigenvalue weighted by atomic mass is 19.4. The Kier molecular flexibility index (Phi) is 4.77. The third-order valence-corrected chi connectivity index (χ3v) is 6.30. The quantitative estimate of drug-likeness (QED) is 0.389. The van der Waals surface area contributed by atoms with Crippen LogP contribution in [-0.4, -0.2) is 31.8 Å². The molecule has 1 aliphatic heterocycles. The molecule has 4 aromatic rings. The number of Topliss-reactive ketones (excluding diaryl/α,β-unsaturated/α-hetero) is 1. The van der Waals surface area contributed by atoms with Crippen molar-refractivity contribution >= 4 is 16.9 Å². The van der Waals surface area contributed by atoms with Crippen molar-refractivity contribution in [3.8, 4) is 17.4 Å². The molecule has 1 N–H and O–H groups in total. The maximum atomic E-state index is 13.5. The van der Waals surface area contributed by atoms with Gasteiger partial charge >= 0.3 is 6.18 Å². The smallest absolute Gasteiger partial charge is 0.419 e. The zero-order chi connectivity index (χ0) is 24.3. The van der Waals surface area contributed by atoms with E-state index < -0.39 is 17.6 Å². The van der Waals surface area contributed by atoms with Gasteiger partial charge in [-0.3, -0.25) is 4.79 Å². The summed E-state index contributed by atoms with van der Waals surface area (Å²) in [5.41, 5.74) is 0.699. The van der Waals surface area contributed by atoms with Gasteiger partial charge in [0, 0.05) is 30.2 Å². The van der Waals surface area contributed by atoms with Gasteiger partial charge < -0.3 is 14.5 Å². The first-order chi connectivity index (χ1) is 16.8. The molecule has 0 radical (unpaired) electrons. The summed E-state index contributed by atoms with van der Waals surface area (Å²) in [7, 11) is 0. The highest BCUT2D eigenvalue weighted by molar-refractivity contribution is 5.82. The van der Waals surface area contributed by atoms with Crippen molar-refractivity contribution in [2.45, 2.75) is 31.0 Å².